The summed E-state index contributed by atoms with van der Waals surface area (Å²) in [5, 5.41) is 13.1. The van der Waals surface area contributed by atoms with Crippen molar-refractivity contribution in [3.63, 3.8) is 0 Å². The molecule has 3 aromatic carbocycles. The highest BCUT2D eigenvalue weighted by Gasteiger charge is 2.18. The van der Waals surface area contributed by atoms with Gasteiger partial charge in [-0.1, -0.05) is 40.2 Å². The number of benzene rings is 3. The van der Waals surface area contributed by atoms with E-state index >= 15 is 0 Å². The maximum absolute atomic E-state index is 13.3. The van der Waals surface area contributed by atoms with Crippen molar-refractivity contribution >= 4 is 50.8 Å². The van der Waals surface area contributed by atoms with E-state index < -0.39 is 28.8 Å². The number of nitrogens with one attached hydrogen (secondary N) is 3. The molecule has 0 spiro atoms. The van der Waals surface area contributed by atoms with Gasteiger partial charge in [-0.2, -0.15) is 10.1 Å². The van der Waals surface area contributed by atoms with Crippen molar-refractivity contribution in [1.82, 2.24) is 20.6 Å². The predicted molar refractivity (Wildman–Crippen MR) is 136 cm³/mol. The molecule has 9 nitrogen and oxygen atoms in total. The standard InChI is InChI=1S/C24H18BrFN6O3S/c25-18-7-8-21(20(11-18)23(34)31-28-12-15-3-2-6-19(26)10-15)30-22(33)17-5-1-4-16(9-17)13-36(35)24-27-14-29-32-24/h1-12,14H,13H2,(H,30,33)(H,31,34)(H,27,29,32). The summed E-state index contributed by atoms with van der Waals surface area (Å²) >= 11 is 1.85. The van der Waals surface area contributed by atoms with E-state index in [1.54, 1.807) is 48.5 Å². The van der Waals surface area contributed by atoms with Crippen molar-refractivity contribution in [3.05, 3.63) is 106 Å². The molecule has 0 saturated heterocycles. The van der Waals surface area contributed by atoms with E-state index in [0.717, 1.165) is 0 Å². The van der Waals surface area contributed by atoms with E-state index in [-0.39, 0.29) is 22.2 Å². The molecule has 3 N–H and O–H groups in total. The zero-order valence-corrected chi connectivity index (χ0v) is 20.8. The van der Waals surface area contributed by atoms with Crippen LogP contribution >= 0.6 is 15.9 Å². The van der Waals surface area contributed by atoms with E-state index in [1.807, 2.05) is 0 Å². The molecule has 12 heteroatoms. The van der Waals surface area contributed by atoms with Crippen LogP contribution in [-0.4, -0.2) is 37.8 Å². The number of carbonyl (C=O) groups is 2. The van der Waals surface area contributed by atoms with E-state index in [1.165, 1.54) is 30.7 Å². The number of aromatic amines is 1. The van der Waals surface area contributed by atoms with Gasteiger partial charge in [0.2, 0.25) is 0 Å². The van der Waals surface area contributed by atoms with Crippen LogP contribution in [0.3, 0.4) is 0 Å². The van der Waals surface area contributed by atoms with E-state index in [9.17, 15) is 18.5 Å². The van der Waals surface area contributed by atoms with Gasteiger partial charge in [-0.25, -0.2) is 9.82 Å². The van der Waals surface area contributed by atoms with E-state index in [2.05, 4.69) is 47.0 Å². The lowest BCUT2D eigenvalue weighted by Crippen LogP contribution is -2.21. The molecule has 0 aliphatic heterocycles. The Balaban J connectivity index is 1.46. The number of carbonyl (C=O) groups excluding carboxylic acids is 2. The number of H-pyrrole nitrogens is 1. The van der Waals surface area contributed by atoms with Gasteiger partial charge < -0.3 is 9.87 Å². The molecular weight excluding hydrogens is 551 g/mol. The fraction of sp³-hybridized carbons (Fsp3) is 0.0417. The normalized spacial score (nSPS) is 11.9. The Labute approximate surface area is 216 Å². The number of halogens is 2. The molecule has 0 bridgehead atoms. The van der Waals surface area contributed by atoms with Crippen LogP contribution in [0.15, 0.2) is 87.8 Å². The average Bonchev–Trinajstić information content (AvgIpc) is 3.41. The predicted octanol–water partition coefficient (Wildman–Crippen LogP) is 4.03. The van der Waals surface area contributed by atoms with Gasteiger partial charge in [-0.3, -0.25) is 14.7 Å². The molecule has 182 valence electrons. The van der Waals surface area contributed by atoms with Gasteiger partial charge >= 0.3 is 5.16 Å². The van der Waals surface area contributed by atoms with Crippen LogP contribution in [0.4, 0.5) is 10.1 Å². The summed E-state index contributed by atoms with van der Waals surface area (Å²) in [4.78, 5) is 29.6. The van der Waals surface area contributed by atoms with Gasteiger partial charge in [0.1, 0.15) is 17.9 Å². The molecule has 0 saturated carbocycles. The summed E-state index contributed by atoms with van der Waals surface area (Å²) in [6.45, 7) is 0. The number of nitrogens with zero attached hydrogens (tertiary/aromatic N) is 3. The topological polar surface area (TPSA) is 135 Å². The van der Waals surface area contributed by atoms with Crippen molar-refractivity contribution < 1.29 is 18.5 Å². The highest BCUT2D eigenvalue weighted by molar-refractivity contribution is 9.10. The molecule has 1 heterocycles. The Morgan fingerprint density at radius 3 is 2.72 bits per heavy atom. The maximum Gasteiger partial charge on any atom is 0.361 e. The second kappa shape index (κ2) is 11.7. The van der Waals surface area contributed by atoms with Crippen LogP contribution < -0.4 is 10.7 Å². The third-order valence-corrected chi connectivity index (χ3v) is 6.48. The largest absolute Gasteiger partial charge is 0.609 e. The van der Waals surface area contributed by atoms with E-state index in [4.69, 9.17) is 0 Å². The zero-order valence-electron chi connectivity index (χ0n) is 18.4. The van der Waals surface area contributed by atoms with E-state index in [0.29, 0.717) is 21.2 Å². The minimum absolute atomic E-state index is 0.133. The Morgan fingerprint density at radius 2 is 1.94 bits per heavy atom. The lowest BCUT2D eigenvalue weighted by atomic mass is 10.1. The van der Waals surface area contributed by atoms with Crippen molar-refractivity contribution in [2.45, 2.75) is 10.9 Å². The summed E-state index contributed by atoms with van der Waals surface area (Å²) in [7, 11) is 0. The van der Waals surface area contributed by atoms with Crippen LogP contribution in [-0.2, 0) is 16.9 Å². The molecule has 1 unspecified atom stereocenters. The summed E-state index contributed by atoms with van der Waals surface area (Å²) in [5.74, 6) is -1.32. The Hall–Kier alpha value is -3.87. The third-order valence-electron chi connectivity index (χ3n) is 4.79. The molecule has 1 aromatic heterocycles. The molecule has 36 heavy (non-hydrogen) atoms. The molecule has 4 aromatic rings. The first-order valence-corrected chi connectivity index (χ1v) is 12.5. The molecule has 0 fully saturated rings. The average molecular weight is 569 g/mol. The smallest absolute Gasteiger partial charge is 0.361 e. The number of rotatable bonds is 8. The minimum atomic E-state index is -1.47. The maximum atomic E-state index is 13.3. The highest BCUT2D eigenvalue weighted by Crippen LogP contribution is 2.22. The molecular formula is C24H18BrFN6O3S. The fourth-order valence-corrected chi connectivity index (χ4v) is 4.44. The molecule has 0 radical (unpaired) electrons. The van der Waals surface area contributed by atoms with Crippen LogP contribution in [0.5, 0.6) is 0 Å². The van der Waals surface area contributed by atoms with Crippen molar-refractivity contribution in [2.75, 3.05) is 5.32 Å². The van der Waals surface area contributed by atoms with Crippen LogP contribution in [0.25, 0.3) is 0 Å². The van der Waals surface area contributed by atoms with Gasteiger partial charge in [0, 0.05) is 26.8 Å². The van der Waals surface area contributed by atoms with Gasteiger partial charge in [0.15, 0.2) is 0 Å². The molecule has 2 amide bonds. The zero-order chi connectivity index (χ0) is 25.5. The number of amides is 2. The summed E-state index contributed by atoms with van der Waals surface area (Å²) in [6.07, 6.45) is 2.65. The van der Waals surface area contributed by atoms with Crippen molar-refractivity contribution in [2.24, 2.45) is 5.10 Å². The lowest BCUT2D eigenvalue weighted by Gasteiger charge is -2.12. The summed E-state index contributed by atoms with van der Waals surface area (Å²) in [6, 6.07) is 17.2. The van der Waals surface area contributed by atoms with Crippen molar-refractivity contribution in [3.8, 4) is 0 Å². The minimum Gasteiger partial charge on any atom is -0.609 e. The van der Waals surface area contributed by atoms with Gasteiger partial charge in [0.05, 0.1) is 17.5 Å². The van der Waals surface area contributed by atoms with Crippen molar-refractivity contribution in [1.29, 1.82) is 0 Å². The van der Waals surface area contributed by atoms with Gasteiger partial charge in [0.25, 0.3) is 11.8 Å². The van der Waals surface area contributed by atoms with Crippen LogP contribution in [0, 0.1) is 5.82 Å². The number of hydrazone groups is 1. The van der Waals surface area contributed by atoms with Gasteiger partial charge in [-0.05, 0) is 48.0 Å². The summed E-state index contributed by atoms with van der Waals surface area (Å²) < 4.78 is 26.3. The number of hydrogen-bond donors (Lipinski definition) is 3. The second-order valence-corrected chi connectivity index (χ2v) is 9.63. The Kier molecular flexibility index (Phi) is 8.21. The molecule has 0 aliphatic rings. The first kappa shape index (κ1) is 25.2. The van der Waals surface area contributed by atoms with Crippen LogP contribution in [0.1, 0.15) is 31.8 Å². The monoisotopic (exact) mass is 568 g/mol. The van der Waals surface area contributed by atoms with Gasteiger partial charge in [-0.15, -0.1) is 5.10 Å². The van der Waals surface area contributed by atoms with Crippen LogP contribution in [0.2, 0.25) is 0 Å². The molecule has 1 atom stereocenters. The number of hydrogen-bond acceptors (Lipinski definition) is 6. The quantitative estimate of drug-likeness (QED) is 0.167. The molecule has 0 aliphatic carbocycles. The number of anilines is 1. The molecule has 4 rings (SSSR count). The Morgan fingerprint density at radius 1 is 1.11 bits per heavy atom. The SMILES string of the molecule is O=C(Nc1ccc(Br)cc1C(=O)NN=Cc1cccc(F)c1)c1cccc(C[S+]([O-])c2nc[nH]n2)c1. The summed E-state index contributed by atoms with van der Waals surface area (Å²) in [5.41, 5.74) is 4.25. The highest BCUT2D eigenvalue weighted by atomic mass is 79.9. The third kappa shape index (κ3) is 6.62. The first-order valence-electron chi connectivity index (χ1n) is 10.4. The second-order valence-electron chi connectivity index (χ2n) is 7.37. The lowest BCUT2D eigenvalue weighted by molar-refractivity contribution is 0.0956. The first-order chi connectivity index (χ1) is 17.4. The number of aromatic nitrogens is 3. The Bertz CT molecular complexity index is 1420. The fourth-order valence-electron chi connectivity index (χ4n) is 3.15.